The molecule has 0 unspecified atom stereocenters. The second-order valence-electron chi connectivity index (χ2n) is 8.03. The van der Waals surface area contributed by atoms with E-state index in [1.165, 1.54) is 10.9 Å². The van der Waals surface area contributed by atoms with Gasteiger partial charge in [-0.2, -0.15) is 0 Å². The van der Waals surface area contributed by atoms with E-state index >= 15 is 0 Å². The van der Waals surface area contributed by atoms with Crippen molar-refractivity contribution in [1.82, 2.24) is 4.90 Å². The number of fused-ring (bicyclic) bond motifs is 1. The van der Waals surface area contributed by atoms with Crippen molar-refractivity contribution >= 4 is 16.7 Å². The first-order chi connectivity index (χ1) is 16.2. The number of ether oxygens (including phenoxy) is 2. The van der Waals surface area contributed by atoms with E-state index in [-0.39, 0.29) is 12.5 Å². The van der Waals surface area contributed by atoms with Gasteiger partial charge in [0.05, 0.1) is 7.11 Å². The zero-order chi connectivity index (χ0) is 23.0. The van der Waals surface area contributed by atoms with Gasteiger partial charge in [-0.1, -0.05) is 73.7 Å². The second-order valence-corrected chi connectivity index (χ2v) is 8.03. The van der Waals surface area contributed by atoms with Crippen molar-refractivity contribution in [2.24, 2.45) is 0 Å². The molecule has 0 aliphatic carbocycles. The maximum Gasteiger partial charge on any atom is 0.261 e. The van der Waals surface area contributed by atoms with E-state index in [9.17, 15) is 4.79 Å². The van der Waals surface area contributed by atoms with Crippen LogP contribution in [0.25, 0.3) is 10.8 Å². The molecule has 0 saturated carbocycles. The van der Waals surface area contributed by atoms with Gasteiger partial charge in [0.15, 0.2) is 6.61 Å². The molecule has 0 fully saturated rings. The maximum atomic E-state index is 13.3. The number of hydrogen-bond acceptors (Lipinski definition) is 3. The van der Waals surface area contributed by atoms with Crippen LogP contribution in [0.15, 0.2) is 91.0 Å². The third-order valence-corrected chi connectivity index (χ3v) is 5.80. The smallest absolute Gasteiger partial charge is 0.261 e. The Hall–Kier alpha value is -3.79. The summed E-state index contributed by atoms with van der Waals surface area (Å²) in [4.78, 5) is 15.2. The van der Waals surface area contributed by atoms with Crippen molar-refractivity contribution in [3.63, 3.8) is 0 Å². The van der Waals surface area contributed by atoms with Gasteiger partial charge >= 0.3 is 0 Å². The van der Waals surface area contributed by atoms with Crippen molar-refractivity contribution in [3.8, 4) is 11.5 Å². The van der Waals surface area contributed by atoms with Gasteiger partial charge in [0.25, 0.3) is 5.91 Å². The van der Waals surface area contributed by atoms with Gasteiger partial charge in [0.2, 0.25) is 0 Å². The zero-order valence-corrected chi connectivity index (χ0v) is 19.2. The molecule has 0 bridgehead atoms. The molecule has 0 saturated heterocycles. The van der Waals surface area contributed by atoms with E-state index in [2.05, 4.69) is 37.3 Å². The number of amides is 1. The second kappa shape index (κ2) is 10.7. The van der Waals surface area contributed by atoms with Crippen LogP contribution in [-0.4, -0.2) is 24.5 Å². The summed E-state index contributed by atoms with van der Waals surface area (Å²) >= 11 is 0. The molecule has 0 spiro atoms. The number of methoxy groups -OCH3 is 1. The maximum absolute atomic E-state index is 13.3. The van der Waals surface area contributed by atoms with Gasteiger partial charge in [0, 0.05) is 13.1 Å². The lowest BCUT2D eigenvalue weighted by atomic mass is 10.0. The van der Waals surface area contributed by atoms with E-state index < -0.39 is 0 Å². The van der Waals surface area contributed by atoms with Crippen molar-refractivity contribution in [3.05, 3.63) is 108 Å². The molecule has 4 heteroatoms. The molecular formula is C29H29NO3. The Morgan fingerprint density at radius 3 is 2.33 bits per heavy atom. The van der Waals surface area contributed by atoms with Crippen molar-refractivity contribution in [2.45, 2.75) is 26.4 Å². The predicted molar refractivity (Wildman–Crippen MR) is 133 cm³/mol. The summed E-state index contributed by atoms with van der Waals surface area (Å²) in [6.45, 7) is 3.09. The lowest BCUT2D eigenvalue weighted by Crippen LogP contribution is -2.34. The van der Waals surface area contributed by atoms with Crippen molar-refractivity contribution in [2.75, 3.05) is 13.7 Å². The van der Waals surface area contributed by atoms with E-state index in [1.54, 1.807) is 7.11 Å². The molecule has 0 aliphatic rings. The quantitative estimate of drug-likeness (QED) is 0.320. The fourth-order valence-electron chi connectivity index (χ4n) is 3.91. The SMILES string of the molecule is CCc1cccc(OCC(=O)N(Cc2ccc(OC)cc2)Cc2cccc3ccccc23)c1. The summed E-state index contributed by atoms with van der Waals surface area (Å²) in [6, 6.07) is 30.2. The highest BCUT2D eigenvalue weighted by molar-refractivity contribution is 5.86. The molecule has 33 heavy (non-hydrogen) atoms. The van der Waals surface area contributed by atoms with Gasteiger partial charge < -0.3 is 14.4 Å². The Bertz CT molecular complexity index is 1210. The molecule has 4 nitrogen and oxygen atoms in total. The monoisotopic (exact) mass is 439 g/mol. The van der Waals surface area contributed by atoms with Crippen LogP contribution in [0.2, 0.25) is 0 Å². The first-order valence-corrected chi connectivity index (χ1v) is 11.3. The fourth-order valence-corrected chi connectivity index (χ4v) is 3.91. The first-order valence-electron chi connectivity index (χ1n) is 11.3. The van der Waals surface area contributed by atoms with E-state index in [0.29, 0.717) is 13.1 Å². The summed E-state index contributed by atoms with van der Waals surface area (Å²) in [5, 5.41) is 2.32. The van der Waals surface area contributed by atoms with E-state index in [0.717, 1.165) is 34.4 Å². The highest BCUT2D eigenvalue weighted by atomic mass is 16.5. The number of nitrogens with zero attached hydrogens (tertiary/aromatic N) is 1. The number of rotatable bonds is 9. The fraction of sp³-hybridized carbons (Fsp3) is 0.207. The minimum atomic E-state index is -0.0550. The molecule has 0 radical (unpaired) electrons. The van der Waals surface area contributed by atoms with Gasteiger partial charge in [-0.05, 0) is 58.1 Å². The Balaban J connectivity index is 1.56. The van der Waals surface area contributed by atoms with Crippen molar-refractivity contribution in [1.29, 1.82) is 0 Å². The van der Waals surface area contributed by atoms with Crippen LogP contribution in [0.3, 0.4) is 0 Å². The highest BCUT2D eigenvalue weighted by Gasteiger charge is 2.17. The molecule has 4 aromatic rings. The zero-order valence-electron chi connectivity index (χ0n) is 19.2. The molecule has 0 heterocycles. The molecule has 4 aromatic carbocycles. The average Bonchev–Trinajstić information content (AvgIpc) is 2.87. The summed E-state index contributed by atoms with van der Waals surface area (Å²) in [6.07, 6.45) is 0.926. The lowest BCUT2D eigenvalue weighted by molar-refractivity contribution is -0.134. The van der Waals surface area contributed by atoms with Crippen molar-refractivity contribution < 1.29 is 14.3 Å². The molecule has 168 valence electrons. The third-order valence-electron chi connectivity index (χ3n) is 5.80. The topological polar surface area (TPSA) is 38.8 Å². The summed E-state index contributed by atoms with van der Waals surface area (Å²) < 4.78 is 11.2. The predicted octanol–water partition coefficient (Wildman–Crippen LogP) is 6.02. The summed E-state index contributed by atoms with van der Waals surface area (Å²) in [5.41, 5.74) is 3.34. The Kier molecular flexibility index (Phi) is 7.26. The standard InChI is InChI=1S/C29H29NO3/c1-3-22-8-6-12-27(18-22)33-21-29(31)30(19-23-14-16-26(32-2)17-15-23)20-25-11-7-10-24-9-4-5-13-28(24)25/h4-18H,3,19-21H2,1-2H3. The largest absolute Gasteiger partial charge is 0.497 e. The van der Waals surface area contributed by atoms with Crippen LogP contribution in [0.4, 0.5) is 0 Å². The molecule has 0 N–H and O–H groups in total. The van der Waals surface area contributed by atoms with Gasteiger partial charge in [-0.3, -0.25) is 4.79 Å². The van der Waals surface area contributed by atoms with Crippen LogP contribution in [0.1, 0.15) is 23.6 Å². The number of carbonyl (C=O) groups excluding carboxylic acids is 1. The summed E-state index contributed by atoms with van der Waals surface area (Å²) in [7, 11) is 1.65. The highest BCUT2D eigenvalue weighted by Crippen LogP contribution is 2.22. The average molecular weight is 440 g/mol. The van der Waals surface area contributed by atoms with Crippen LogP contribution >= 0.6 is 0 Å². The molecule has 0 atom stereocenters. The van der Waals surface area contributed by atoms with Crippen LogP contribution in [-0.2, 0) is 24.3 Å². The molecule has 0 aromatic heterocycles. The minimum absolute atomic E-state index is 0.00586. The molecule has 0 aliphatic heterocycles. The van der Waals surface area contributed by atoms with Crippen LogP contribution in [0.5, 0.6) is 11.5 Å². The minimum Gasteiger partial charge on any atom is -0.497 e. The van der Waals surface area contributed by atoms with Crippen LogP contribution in [0, 0.1) is 0 Å². The molecule has 1 amide bonds. The van der Waals surface area contributed by atoms with E-state index in [4.69, 9.17) is 9.47 Å². The number of carbonyl (C=O) groups is 1. The molecule has 4 rings (SSSR count). The van der Waals surface area contributed by atoms with E-state index in [1.807, 2.05) is 65.6 Å². The lowest BCUT2D eigenvalue weighted by Gasteiger charge is -2.24. The number of aryl methyl sites for hydroxylation is 1. The third kappa shape index (κ3) is 5.72. The molecular weight excluding hydrogens is 410 g/mol. The summed E-state index contributed by atoms with van der Waals surface area (Å²) in [5.74, 6) is 1.46. The van der Waals surface area contributed by atoms with Gasteiger partial charge in [0.1, 0.15) is 11.5 Å². The Morgan fingerprint density at radius 2 is 1.55 bits per heavy atom. The number of benzene rings is 4. The van der Waals surface area contributed by atoms with Crippen LogP contribution < -0.4 is 9.47 Å². The Morgan fingerprint density at radius 1 is 0.788 bits per heavy atom. The Labute approximate surface area is 195 Å². The van der Waals surface area contributed by atoms with Gasteiger partial charge in [-0.15, -0.1) is 0 Å². The number of hydrogen-bond donors (Lipinski definition) is 0. The normalized spacial score (nSPS) is 10.7. The van der Waals surface area contributed by atoms with Gasteiger partial charge in [-0.25, -0.2) is 0 Å². The first kappa shape index (κ1) is 22.4.